The van der Waals surface area contributed by atoms with Gasteiger partial charge in [-0.25, -0.2) is 0 Å². The molecule has 0 bridgehead atoms. The maximum atomic E-state index is 5.54. The normalized spacial score (nSPS) is 10.4. The van der Waals surface area contributed by atoms with E-state index in [0.29, 0.717) is 22.9 Å². The standard InChI is InChI=1S/C7H7N3O2/c1-4-2-6(10-11-4)7-5(8)3-9-12-7/h2-3H,8H2,1H3. The lowest BCUT2D eigenvalue weighted by atomic mass is 10.3. The number of nitrogens with two attached hydrogens (primary N) is 1. The van der Waals surface area contributed by atoms with Crippen molar-refractivity contribution in [2.75, 3.05) is 5.73 Å². The lowest BCUT2D eigenvalue weighted by molar-refractivity contribution is 0.391. The molecule has 2 heterocycles. The van der Waals surface area contributed by atoms with Crippen LogP contribution in [-0.4, -0.2) is 10.3 Å². The van der Waals surface area contributed by atoms with Gasteiger partial charge in [-0.05, 0) is 6.92 Å². The molecule has 2 aromatic heterocycles. The van der Waals surface area contributed by atoms with Crippen LogP contribution in [0.4, 0.5) is 5.69 Å². The van der Waals surface area contributed by atoms with Gasteiger partial charge < -0.3 is 14.8 Å². The molecule has 0 atom stereocenters. The largest absolute Gasteiger partial charge is 0.394 e. The molecule has 0 amide bonds. The molecule has 0 aromatic carbocycles. The lowest BCUT2D eigenvalue weighted by Gasteiger charge is -1.85. The highest BCUT2D eigenvalue weighted by Gasteiger charge is 2.11. The Labute approximate surface area is 68.1 Å². The van der Waals surface area contributed by atoms with Crippen molar-refractivity contribution in [1.82, 2.24) is 10.3 Å². The molecule has 2 aromatic rings. The van der Waals surface area contributed by atoms with Crippen molar-refractivity contribution in [2.45, 2.75) is 6.92 Å². The minimum atomic E-state index is 0.451. The zero-order valence-corrected chi connectivity index (χ0v) is 6.44. The molecular formula is C7H7N3O2. The summed E-state index contributed by atoms with van der Waals surface area (Å²) >= 11 is 0. The van der Waals surface area contributed by atoms with Gasteiger partial charge in [0, 0.05) is 6.07 Å². The second kappa shape index (κ2) is 2.37. The van der Waals surface area contributed by atoms with Crippen LogP contribution in [0.3, 0.4) is 0 Å². The van der Waals surface area contributed by atoms with Gasteiger partial charge in [0.25, 0.3) is 0 Å². The van der Waals surface area contributed by atoms with Gasteiger partial charge in [0.2, 0.25) is 5.76 Å². The maximum Gasteiger partial charge on any atom is 0.211 e. The summed E-state index contributed by atoms with van der Waals surface area (Å²) in [4.78, 5) is 0. The minimum Gasteiger partial charge on any atom is -0.394 e. The zero-order valence-electron chi connectivity index (χ0n) is 6.44. The van der Waals surface area contributed by atoms with E-state index in [-0.39, 0.29) is 0 Å². The number of aryl methyl sites for hydroxylation is 1. The van der Waals surface area contributed by atoms with Gasteiger partial charge >= 0.3 is 0 Å². The molecule has 2 N–H and O–H groups in total. The van der Waals surface area contributed by atoms with Crippen molar-refractivity contribution in [3.63, 3.8) is 0 Å². The van der Waals surface area contributed by atoms with Crippen molar-refractivity contribution in [3.05, 3.63) is 18.0 Å². The summed E-state index contributed by atoms with van der Waals surface area (Å²) < 4.78 is 9.72. The average Bonchev–Trinajstić information content (AvgIpc) is 2.58. The smallest absolute Gasteiger partial charge is 0.211 e. The highest BCUT2D eigenvalue weighted by atomic mass is 16.5. The summed E-state index contributed by atoms with van der Waals surface area (Å²) in [7, 11) is 0. The highest BCUT2D eigenvalue weighted by molar-refractivity contribution is 5.66. The Morgan fingerprint density at radius 1 is 1.42 bits per heavy atom. The van der Waals surface area contributed by atoms with Gasteiger partial charge in [0.05, 0.1) is 6.20 Å². The Hall–Kier alpha value is -1.78. The third-order valence-corrected chi connectivity index (χ3v) is 1.46. The molecule has 12 heavy (non-hydrogen) atoms. The molecule has 5 heteroatoms. The van der Waals surface area contributed by atoms with Crippen LogP contribution in [0.5, 0.6) is 0 Å². The van der Waals surface area contributed by atoms with Crippen molar-refractivity contribution >= 4 is 5.69 Å². The minimum absolute atomic E-state index is 0.451. The van der Waals surface area contributed by atoms with Crippen molar-refractivity contribution in [3.8, 4) is 11.5 Å². The lowest BCUT2D eigenvalue weighted by Crippen LogP contribution is -1.83. The fourth-order valence-corrected chi connectivity index (χ4v) is 0.915. The van der Waals surface area contributed by atoms with E-state index in [2.05, 4.69) is 10.3 Å². The molecule has 0 unspecified atom stereocenters. The van der Waals surface area contributed by atoms with Gasteiger partial charge in [-0.1, -0.05) is 10.3 Å². The number of hydrogen-bond acceptors (Lipinski definition) is 5. The summed E-state index contributed by atoms with van der Waals surface area (Å²) in [5.41, 5.74) is 6.58. The first-order valence-electron chi connectivity index (χ1n) is 3.41. The third kappa shape index (κ3) is 0.952. The van der Waals surface area contributed by atoms with Crippen molar-refractivity contribution in [2.24, 2.45) is 0 Å². The van der Waals surface area contributed by atoms with Crippen LogP contribution in [0.15, 0.2) is 21.3 Å². The maximum absolute atomic E-state index is 5.54. The summed E-state index contributed by atoms with van der Waals surface area (Å²) in [6.45, 7) is 1.79. The van der Waals surface area contributed by atoms with E-state index in [1.54, 1.807) is 13.0 Å². The van der Waals surface area contributed by atoms with Crippen LogP contribution in [-0.2, 0) is 0 Å². The van der Waals surface area contributed by atoms with E-state index in [1.165, 1.54) is 6.20 Å². The fourth-order valence-electron chi connectivity index (χ4n) is 0.915. The molecule has 0 aliphatic carbocycles. The molecule has 62 valence electrons. The number of hydrogen-bond donors (Lipinski definition) is 1. The van der Waals surface area contributed by atoms with Gasteiger partial charge in [0.15, 0.2) is 5.69 Å². The monoisotopic (exact) mass is 165 g/mol. The van der Waals surface area contributed by atoms with Crippen LogP contribution in [0.25, 0.3) is 11.5 Å². The van der Waals surface area contributed by atoms with Crippen molar-refractivity contribution in [1.29, 1.82) is 0 Å². The molecule has 0 aliphatic heterocycles. The van der Waals surface area contributed by atoms with E-state index in [0.717, 1.165) is 0 Å². The van der Waals surface area contributed by atoms with Crippen molar-refractivity contribution < 1.29 is 9.05 Å². The number of anilines is 1. The van der Waals surface area contributed by atoms with Gasteiger partial charge in [-0.15, -0.1) is 0 Å². The quantitative estimate of drug-likeness (QED) is 0.687. The van der Waals surface area contributed by atoms with Gasteiger partial charge in [-0.3, -0.25) is 0 Å². The van der Waals surface area contributed by atoms with E-state index >= 15 is 0 Å². The molecule has 0 saturated carbocycles. The Kier molecular flexibility index (Phi) is 1.36. The second-order valence-corrected chi connectivity index (χ2v) is 2.43. The summed E-state index contributed by atoms with van der Waals surface area (Å²) in [5, 5.41) is 7.26. The molecular weight excluding hydrogens is 158 g/mol. The average molecular weight is 165 g/mol. The molecule has 5 nitrogen and oxygen atoms in total. The molecule has 0 spiro atoms. The number of nitrogen functional groups attached to an aromatic ring is 1. The second-order valence-electron chi connectivity index (χ2n) is 2.43. The Bertz CT molecular complexity index is 391. The van der Waals surface area contributed by atoms with Crippen LogP contribution < -0.4 is 5.73 Å². The van der Waals surface area contributed by atoms with Gasteiger partial charge in [-0.2, -0.15) is 0 Å². The highest BCUT2D eigenvalue weighted by Crippen LogP contribution is 2.24. The van der Waals surface area contributed by atoms with E-state index in [4.69, 9.17) is 14.8 Å². The summed E-state index contributed by atoms with van der Waals surface area (Å²) in [6, 6.07) is 1.73. The van der Waals surface area contributed by atoms with E-state index in [9.17, 15) is 0 Å². The number of aromatic nitrogens is 2. The first-order valence-corrected chi connectivity index (χ1v) is 3.41. The summed E-state index contributed by atoms with van der Waals surface area (Å²) in [6.07, 6.45) is 1.43. The third-order valence-electron chi connectivity index (χ3n) is 1.46. The van der Waals surface area contributed by atoms with Gasteiger partial charge in [0.1, 0.15) is 11.4 Å². The Morgan fingerprint density at radius 2 is 2.25 bits per heavy atom. The molecule has 0 aliphatic rings. The first-order chi connectivity index (χ1) is 5.77. The van der Waals surface area contributed by atoms with E-state index in [1.807, 2.05) is 0 Å². The Balaban J connectivity index is 2.50. The molecule has 2 rings (SSSR count). The first kappa shape index (κ1) is 6.90. The number of nitrogens with zero attached hydrogens (tertiary/aromatic N) is 2. The molecule has 0 radical (unpaired) electrons. The SMILES string of the molecule is Cc1cc(-c2oncc2N)no1. The van der Waals surface area contributed by atoms with Crippen LogP contribution in [0, 0.1) is 6.92 Å². The molecule has 0 fully saturated rings. The Morgan fingerprint density at radius 3 is 2.75 bits per heavy atom. The topological polar surface area (TPSA) is 78.1 Å². The van der Waals surface area contributed by atoms with Crippen LogP contribution in [0.2, 0.25) is 0 Å². The zero-order chi connectivity index (χ0) is 8.55. The summed E-state index contributed by atoms with van der Waals surface area (Å²) in [5.74, 6) is 1.16. The molecule has 0 saturated heterocycles. The number of rotatable bonds is 1. The fraction of sp³-hybridized carbons (Fsp3) is 0.143. The van der Waals surface area contributed by atoms with Crippen LogP contribution >= 0.6 is 0 Å². The predicted octanol–water partition coefficient (Wildman–Crippen LogP) is 1.22. The van der Waals surface area contributed by atoms with E-state index < -0.39 is 0 Å². The van der Waals surface area contributed by atoms with Crippen LogP contribution in [0.1, 0.15) is 5.76 Å². The predicted molar refractivity (Wildman–Crippen MR) is 41.1 cm³/mol.